The third-order valence-corrected chi connectivity index (χ3v) is 23.6. The van der Waals surface area contributed by atoms with E-state index in [-0.39, 0.29) is 58.5 Å². The van der Waals surface area contributed by atoms with E-state index in [0.717, 1.165) is 12.8 Å². The van der Waals surface area contributed by atoms with Crippen molar-refractivity contribution in [1.82, 2.24) is 0 Å². The highest BCUT2D eigenvalue weighted by Gasteiger charge is 2.52. The molecule has 0 spiro atoms. The van der Waals surface area contributed by atoms with Crippen LogP contribution in [0.15, 0.2) is 35.2 Å². The summed E-state index contributed by atoms with van der Waals surface area (Å²) < 4.78 is 39.8. The molecule has 0 amide bonds. The van der Waals surface area contributed by atoms with E-state index in [9.17, 15) is 0 Å². The summed E-state index contributed by atoms with van der Waals surface area (Å²) in [7, 11) is -2.54. The second-order valence-electron chi connectivity index (χ2n) is 15.5. The SMILES string of the molecule is COCO[C@H]1C(O[Si](C(C)C)(C(C)C)C(C)C)C[C@@H](S[C@@H]2C(C)O[C@H](Sc3ccccc3)C[C@H]2O[Si](C)(C)C(C)(C)C)O[C@H]1C. The van der Waals surface area contributed by atoms with E-state index >= 15 is 0 Å². The topological polar surface area (TPSA) is 55.4 Å². The Hall–Kier alpha value is 0.114. The molecule has 0 radical (unpaired) electrons. The molecule has 10 heteroatoms. The highest BCUT2D eigenvalue weighted by molar-refractivity contribution is 8.00. The third kappa shape index (κ3) is 9.85. The zero-order valence-corrected chi connectivity index (χ0v) is 34.3. The van der Waals surface area contributed by atoms with Crippen molar-refractivity contribution in [2.75, 3.05) is 13.9 Å². The molecule has 1 aromatic rings. The van der Waals surface area contributed by atoms with Crippen LogP contribution in [-0.2, 0) is 27.8 Å². The van der Waals surface area contributed by atoms with Crippen molar-refractivity contribution in [3.05, 3.63) is 30.3 Å². The van der Waals surface area contributed by atoms with Crippen LogP contribution >= 0.6 is 23.5 Å². The van der Waals surface area contributed by atoms with E-state index in [0.29, 0.717) is 16.6 Å². The van der Waals surface area contributed by atoms with Crippen molar-refractivity contribution in [2.24, 2.45) is 0 Å². The van der Waals surface area contributed by atoms with Gasteiger partial charge in [-0.25, -0.2) is 0 Å². The lowest BCUT2D eigenvalue weighted by Crippen LogP contribution is -2.58. The molecule has 2 saturated heterocycles. The molecule has 0 aliphatic carbocycles. The fourth-order valence-corrected chi connectivity index (χ4v) is 16.7. The Morgan fingerprint density at radius 2 is 1.38 bits per heavy atom. The van der Waals surface area contributed by atoms with E-state index in [1.54, 1.807) is 18.9 Å². The van der Waals surface area contributed by atoms with Gasteiger partial charge in [-0.2, -0.15) is 0 Å². The van der Waals surface area contributed by atoms with E-state index < -0.39 is 16.6 Å². The molecule has 3 rings (SSSR count). The first-order valence-corrected chi connectivity index (χ1v) is 23.9. The Kier molecular flexibility index (Phi) is 14.7. The van der Waals surface area contributed by atoms with E-state index in [4.69, 9.17) is 27.8 Å². The van der Waals surface area contributed by atoms with Gasteiger partial charge in [0.15, 0.2) is 8.32 Å². The van der Waals surface area contributed by atoms with Crippen LogP contribution in [0.4, 0.5) is 0 Å². The second-order valence-corrected chi connectivity index (χ2v) is 28.2. The van der Waals surface area contributed by atoms with Crippen LogP contribution in [0.25, 0.3) is 0 Å². The molecule has 0 N–H and O–H groups in total. The van der Waals surface area contributed by atoms with Crippen molar-refractivity contribution < 1.29 is 27.8 Å². The maximum Gasteiger partial charge on any atom is 0.200 e. The summed E-state index contributed by atoms with van der Waals surface area (Å²) in [6.07, 6.45) is 1.31. The lowest BCUT2D eigenvalue weighted by molar-refractivity contribution is -0.189. The molecule has 0 saturated carbocycles. The normalized spacial score (nSPS) is 30.4. The Balaban J connectivity index is 1.89. The van der Waals surface area contributed by atoms with Crippen molar-refractivity contribution >= 4 is 40.2 Å². The molecule has 1 aromatic carbocycles. The largest absolute Gasteiger partial charge is 0.413 e. The Morgan fingerprint density at radius 1 is 0.822 bits per heavy atom. The zero-order valence-electron chi connectivity index (χ0n) is 30.6. The molecular weight excluding hydrogens is 637 g/mol. The summed E-state index contributed by atoms with van der Waals surface area (Å²) in [6, 6.07) is 10.6. The minimum Gasteiger partial charge on any atom is -0.413 e. The molecule has 2 aliphatic heterocycles. The monoisotopic (exact) mass is 700 g/mol. The fraction of sp³-hybridized carbons (Fsp3) is 0.829. The number of methoxy groups -OCH3 is 1. The summed E-state index contributed by atoms with van der Waals surface area (Å²) in [6.45, 7) is 30.4. The average Bonchev–Trinajstić information content (AvgIpc) is 2.92. The number of thioether (sulfide) groups is 2. The first kappa shape index (κ1) is 39.6. The van der Waals surface area contributed by atoms with Crippen LogP contribution < -0.4 is 0 Å². The van der Waals surface area contributed by atoms with Crippen molar-refractivity contribution in [1.29, 1.82) is 0 Å². The van der Waals surface area contributed by atoms with Gasteiger partial charge < -0.3 is 27.8 Å². The minimum atomic E-state index is -2.17. The van der Waals surface area contributed by atoms with Crippen molar-refractivity contribution in [3.8, 4) is 0 Å². The van der Waals surface area contributed by atoms with Crippen LogP contribution in [0.2, 0.25) is 34.8 Å². The van der Waals surface area contributed by atoms with Gasteiger partial charge in [-0.1, -0.05) is 92.3 Å². The van der Waals surface area contributed by atoms with Gasteiger partial charge in [0.2, 0.25) is 8.32 Å². The molecule has 2 unspecified atom stereocenters. The molecule has 6 nitrogen and oxygen atoms in total. The van der Waals surface area contributed by atoms with Gasteiger partial charge in [-0.15, -0.1) is 11.8 Å². The zero-order chi connectivity index (χ0) is 33.7. The molecule has 260 valence electrons. The van der Waals surface area contributed by atoms with Gasteiger partial charge in [0.1, 0.15) is 23.8 Å². The Bertz CT molecular complexity index is 999. The molecule has 8 atom stereocenters. The third-order valence-electron chi connectivity index (χ3n) is 10.3. The van der Waals surface area contributed by atoms with Crippen LogP contribution in [0.3, 0.4) is 0 Å². The lowest BCUT2D eigenvalue weighted by Gasteiger charge is -2.50. The standard InChI is InChI=1S/C35H64O6S2Si2/c1-23(2)45(24(3)4,25(5)6)41-29-20-32(38-26(7)33(29)37-22-36-12)43-34-27(8)39-31(42-28-18-16-15-17-19-28)21-30(34)40-44(13,14)35(9,10)11/h15-19,23-27,29-34H,20-22H2,1-14H3/t26-,27?,29?,30+,31+,32+,33+,34+/m0/s1. The second kappa shape index (κ2) is 16.7. The number of hydrogen-bond donors (Lipinski definition) is 0. The van der Waals surface area contributed by atoms with Crippen LogP contribution in [0, 0.1) is 0 Å². The summed E-state index contributed by atoms with van der Waals surface area (Å²) >= 11 is 3.70. The predicted octanol–water partition coefficient (Wildman–Crippen LogP) is 10.1. The van der Waals surface area contributed by atoms with Gasteiger partial charge in [-0.05, 0) is 60.7 Å². The van der Waals surface area contributed by atoms with Gasteiger partial charge in [0.05, 0.1) is 29.7 Å². The smallest absolute Gasteiger partial charge is 0.200 e. The van der Waals surface area contributed by atoms with Gasteiger partial charge in [-0.3, -0.25) is 0 Å². The van der Waals surface area contributed by atoms with E-state index in [2.05, 4.69) is 120 Å². The lowest BCUT2D eigenvalue weighted by atomic mass is 10.0. The molecule has 2 fully saturated rings. The van der Waals surface area contributed by atoms with Gasteiger partial charge in [0.25, 0.3) is 0 Å². The number of hydrogen-bond acceptors (Lipinski definition) is 8. The first-order valence-electron chi connectivity index (χ1n) is 17.1. The summed E-state index contributed by atoms with van der Waals surface area (Å²) in [4.78, 5) is 1.23. The average molecular weight is 701 g/mol. The van der Waals surface area contributed by atoms with Crippen molar-refractivity contribution in [3.63, 3.8) is 0 Å². The summed E-state index contributed by atoms with van der Waals surface area (Å²) in [5.41, 5.74) is 1.44. The number of rotatable bonds is 14. The maximum absolute atomic E-state index is 7.43. The first-order chi connectivity index (χ1) is 20.9. The highest BCUT2D eigenvalue weighted by Crippen LogP contribution is 2.48. The molecule has 2 heterocycles. The minimum absolute atomic E-state index is 0.0101. The molecule has 0 bridgehead atoms. The quantitative estimate of drug-likeness (QED) is 0.140. The molecule has 0 aromatic heterocycles. The fourth-order valence-electron chi connectivity index (χ4n) is 7.03. The molecule has 2 aliphatic rings. The van der Waals surface area contributed by atoms with Crippen molar-refractivity contribution in [2.45, 2.75) is 175 Å². The van der Waals surface area contributed by atoms with E-state index in [1.807, 2.05) is 11.8 Å². The van der Waals surface area contributed by atoms with Crippen LogP contribution in [-0.4, -0.2) is 77.2 Å². The number of ether oxygens (including phenoxy) is 4. The number of benzene rings is 1. The van der Waals surface area contributed by atoms with Crippen LogP contribution in [0.1, 0.15) is 89.0 Å². The van der Waals surface area contributed by atoms with Crippen LogP contribution in [0.5, 0.6) is 0 Å². The maximum atomic E-state index is 7.43. The molecular formula is C35H64O6S2Si2. The van der Waals surface area contributed by atoms with Gasteiger partial charge in [0, 0.05) is 24.8 Å². The van der Waals surface area contributed by atoms with E-state index in [1.165, 1.54) is 4.90 Å². The predicted molar refractivity (Wildman–Crippen MR) is 196 cm³/mol. The summed E-state index contributed by atoms with van der Waals surface area (Å²) in [5.74, 6) is 0. The van der Waals surface area contributed by atoms with Gasteiger partial charge >= 0.3 is 0 Å². The molecule has 45 heavy (non-hydrogen) atoms. The highest BCUT2D eigenvalue weighted by atomic mass is 32.2. The Morgan fingerprint density at radius 3 is 1.91 bits per heavy atom. The summed E-state index contributed by atoms with van der Waals surface area (Å²) in [5, 5.41) is 0.258. The Labute approximate surface area is 286 Å².